The molecule has 1 spiro atoms. The quantitative estimate of drug-likeness (QED) is 0.464. The lowest BCUT2D eigenvalue weighted by molar-refractivity contribution is -0.118. The summed E-state index contributed by atoms with van der Waals surface area (Å²) in [6.07, 6.45) is 5.07. The van der Waals surface area contributed by atoms with Gasteiger partial charge in [-0.25, -0.2) is 9.78 Å². The van der Waals surface area contributed by atoms with Gasteiger partial charge in [-0.15, -0.1) is 0 Å². The van der Waals surface area contributed by atoms with Gasteiger partial charge in [0.2, 0.25) is 0 Å². The van der Waals surface area contributed by atoms with Crippen LogP contribution in [0.4, 0.5) is 4.79 Å². The number of nitrogens with zero attached hydrogens (tertiary/aromatic N) is 2. The van der Waals surface area contributed by atoms with Crippen LogP contribution in [0.1, 0.15) is 59.7 Å². The third-order valence-electron chi connectivity index (χ3n) is 7.23. The van der Waals surface area contributed by atoms with Crippen LogP contribution < -0.4 is 5.32 Å². The molecule has 9 heteroatoms. The van der Waals surface area contributed by atoms with Crippen molar-refractivity contribution in [3.05, 3.63) is 23.8 Å². The summed E-state index contributed by atoms with van der Waals surface area (Å²) in [6.45, 7) is 11.4. The van der Waals surface area contributed by atoms with E-state index >= 15 is 0 Å². The van der Waals surface area contributed by atoms with E-state index in [0.29, 0.717) is 25.4 Å². The maximum atomic E-state index is 12.7. The number of allylic oxidation sites excluding steroid dienone is 1. The van der Waals surface area contributed by atoms with Crippen LogP contribution in [0.5, 0.6) is 0 Å². The van der Waals surface area contributed by atoms with Gasteiger partial charge in [0.15, 0.2) is 0 Å². The van der Waals surface area contributed by atoms with E-state index in [1.54, 1.807) is 7.11 Å². The second-order valence-corrected chi connectivity index (χ2v) is 10.4. The number of H-pyrrole nitrogens is 1. The molecule has 178 valence electrons. The third-order valence-corrected chi connectivity index (χ3v) is 7.23. The average Bonchev–Trinajstić information content (AvgIpc) is 3.56. The molecule has 1 unspecified atom stereocenters. The minimum absolute atomic E-state index is 0.00717. The number of carbonyl (C=O) groups excluding carboxylic acids is 1. The Morgan fingerprint density at radius 1 is 1.44 bits per heavy atom. The molecule has 1 aromatic heterocycles. The fraction of sp³-hybridized carbons (Fsp3) is 0.783. The molecular weight excluding hydrogens is 412 g/mol. The Morgan fingerprint density at radius 2 is 2.19 bits per heavy atom. The van der Waals surface area contributed by atoms with Crippen molar-refractivity contribution in [2.24, 2.45) is 5.92 Å². The van der Waals surface area contributed by atoms with E-state index in [4.69, 9.17) is 18.9 Å². The number of nitrogens with one attached hydrogen (secondary N) is 2. The number of aromatic nitrogens is 3. The molecule has 4 rings (SSSR count). The van der Waals surface area contributed by atoms with Crippen molar-refractivity contribution < 1.29 is 23.7 Å². The van der Waals surface area contributed by atoms with Crippen LogP contribution in [0.15, 0.2) is 18.0 Å². The number of alkyl carbamates (subject to hydrolysis) is 1. The van der Waals surface area contributed by atoms with Crippen LogP contribution in [-0.4, -0.2) is 71.1 Å². The molecular formula is C23H36N4O5. The summed E-state index contributed by atoms with van der Waals surface area (Å²) >= 11 is 0. The normalized spacial score (nSPS) is 35.9. The van der Waals surface area contributed by atoms with E-state index in [2.05, 4.69) is 47.3 Å². The maximum Gasteiger partial charge on any atom is 0.407 e. The Morgan fingerprint density at radius 3 is 2.78 bits per heavy atom. The second kappa shape index (κ2) is 8.43. The molecule has 1 saturated carbocycles. The SMILES string of the molecule is CO[C@H]1C([C@@]2(C)O[C@@H]2CC=C(C)C)[C@]2(CC[C@H]1OC(=O)NCC(C)(C)c1ncn[nH]1)CO2. The van der Waals surface area contributed by atoms with Gasteiger partial charge in [-0.1, -0.05) is 25.5 Å². The summed E-state index contributed by atoms with van der Waals surface area (Å²) in [6, 6.07) is 0. The molecule has 32 heavy (non-hydrogen) atoms. The number of carbonyl (C=O) groups is 1. The van der Waals surface area contributed by atoms with Crippen LogP contribution in [0.25, 0.3) is 0 Å². The smallest absolute Gasteiger partial charge is 0.407 e. The molecule has 9 nitrogen and oxygen atoms in total. The van der Waals surface area contributed by atoms with Crippen molar-refractivity contribution >= 4 is 6.09 Å². The molecule has 2 saturated heterocycles. The van der Waals surface area contributed by atoms with Crippen molar-refractivity contribution in [3.63, 3.8) is 0 Å². The summed E-state index contributed by atoms with van der Waals surface area (Å²) in [5.41, 5.74) is 0.290. The summed E-state index contributed by atoms with van der Waals surface area (Å²) in [5.74, 6) is 0.715. The summed E-state index contributed by atoms with van der Waals surface area (Å²) in [7, 11) is 1.68. The van der Waals surface area contributed by atoms with E-state index < -0.39 is 11.5 Å². The predicted octanol–water partition coefficient (Wildman–Crippen LogP) is 2.88. The van der Waals surface area contributed by atoms with E-state index in [9.17, 15) is 4.79 Å². The first-order chi connectivity index (χ1) is 15.1. The Bertz CT molecular complexity index is 847. The number of methoxy groups -OCH3 is 1. The largest absolute Gasteiger partial charge is 0.443 e. The summed E-state index contributed by atoms with van der Waals surface area (Å²) < 4.78 is 24.0. The molecule has 0 bridgehead atoms. The minimum Gasteiger partial charge on any atom is -0.443 e. The molecule has 1 amide bonds. The Balaban J connectivity index is 1.40. The minimum atomic E-state index is -0.459. The zero-order valence-corrected chi connectivity index (χ0v) is 19.9. The number of hydrogen-bond acceptors (Lipinski definition) is 7. The molecule has 1 aliphatic carbocycles. The van der Waals surface area contributed by atoms with Crippen molar-refractivity contribution in [1.29, 1.82) is 0 Å². The van der Waals surface area contributed by atoms with Gasteiger partial charge in [-0.3, -0.25) is 5.10 Å². The van der Waals surface area contributed by atoms with Gasteiger partial charge in [-0.05, 0) is 40.0 Å². The van der Waals surface area contributed by atoms with E-state index in [1.165, 1.54) is 11.9 Å². The number of ether oxygens (including phenoxy) is 4. The summed E-state index contributed by atoms with van der Waals surface area (Å²) in [5, 5.41) is 9.63. The standard InChI is InChI=1S/C23H36N4O5/c1-14(2)7-8-16-22(5,32-16)18-17(29-6)15(9-10-23(18)12-30-23)31-20(28)24-11-21(3,4)19-25-13-26-27-19/h7,13,15-18H,8-12H2,1-6H3,(H,24,28)(H,25,26,27)/t15-,16-,17-,18?,22+,23+/m1/s1. The van der Waals surface area contributed by atoms with Crippen LogP contribution >= 0.6 is 0 Å². The highest BCUT2D eigenvalue weighted by Gasteiger charge is 2.72. The Labute approximate surface area is 189 Å². The highest BCUT2D eigenvalue weighted by Crippen LogP contribution is 2.59. The Hall–Kier alpha value is -1.97. The lowest BCUT2D eigenvalue weighted by atomic mass is 9.68. The first-order valence-corrected chi connectivity index (χ1v) is 11.4. The van der Waals surface area contributed by atoms with Gasteiger partial charge in [0, 0.05) is 19.1 Å². The lowest BCUT2D eigenvalue weighted by Gasteiger charge is -2.42. The highest BCUT2D eigenvalue weighted by atomic mass is 16.6. The van der Waals surface area contributed by atoms with Gasteiger partial charge >= 0.3 is 6.09 Å². The molecule has 0 aromatic carbocycles. The van der Waals surface area contributed by atoms with E-state index in [0.717, 1.165) is 12.8 Å². The lowest BCUT2D eigenvalue weighted by Crippen LogP contribution is -2.56. The second-order valence-electron chi connectivity index (χ2n) is 10.4. The predicted molar refractivity (Wildman–Crippen MR) is 117 cm³/mol. The number of hydrogen-bond donors (Lipinski definition) is 2. The third kappa shape index (κ3) is 4.43. The van der Waals surface area contributed by atoms with E-state index in [-0.39, 0.29) is 35.4 Å². The average molecular weight is 449 g/mol. The molecule has 0 radical (unpaired) electrons. The molecule has 3 heterocycles. The molecule has 2 N–H and O–H groups in total. The van der Waals surface area contributed by atoms with Crippen LogP contribution in [-0.2, 0) is 24.4 Å². The van der Waals surface area contributed by atoms with Crippen molar-refractivity contribution in [3.8, 4) is 0 Å². The van der Waals surface area contributed by atoms with Gasteiger partial charge in [0.1, 0.15) is 35.6 Å². The van der Waals surface area contributed by atoms with Gasteiger partial charge in [0.05, 0.1) is 18.6 Å². The van der Waals surface area contributed by atoms with Crippen LogP contribution in [0, 0.1) is 5.92 Å². The first-order valence-electron chi connectivity index (χ1n) is 11.4. The first kappa shape index (κ1) is 23.2. The fourth-order valence-electron chi connectivity index (χ4n) is 5.16. The van der Waals surface area contributed by atoms with E-state index in [1.807, 2.05) is 13.8 Å². The van der Waals surface area contributed by atoms with Gasteiger partial charge in [0.25, 0.3) is 0 Å². The fourth-order valence-corrected chi connectivity index (χ4v) is 5.16. The van der Waals surface area contributed by atoms with Crippen molar-refractivity contribution in [2.75, 3.05) is 20.3 Å². The zero-order chi connectivity index (χ0) is 23.1. The molecule has 3 aliphatic rings. The summed E-state index contributed by atoms with van der Waals surface area (Å²) in [4.78, 5) is 16.9. The monoisotopic (exact) mass is 448 g/mol. The van der Waals surface area contributed by atoms with Gasteiger partial charge < -0.3 is 24.3 Å². The van der Waals surface area contributed by atoms with Crippen LogP contribution in [0.2, 0.25) is 0 Å². The zero-order valence-electron chi connectivity index (χ0n) is 19.9. The number of rotatable bonds is 8. The Kier molecular flexibility index (Phi) is 6.11. The molecule has 1 aromatic rings. The number of aromatic amines is 1. The molecule has 2 aliphatic heterocycles. The van der Waals surface area contributed by atoms with Gasteiger partial charge in [-0.2, -0.15) is 5.10 Å². The number of epoxide rings is 2. The van der Waals surface area contributed by atoms with Crippen molar-refractivity contribution in [2.45, 2.75) is 88.8 Å². The maximum absolute atomic E-state index is 12.7. The highest BCUT2D eigenvalue weighted by molar-refractivity contribution is 5.67. The van der Waals surface area contributed by atoms with Crippen molar-refractivity contribution in [1.82, 2.24) is 20.5 Å². The van der Waals surface area contributed by atoms with Crippen LogP contribution in [0.3, 0.4) is 0 Å². The number of amides is 1. The topological polar surface area (TPSA) is 114 Å². The molecule has 3 fully saturated rings. The molecule has 6 atom stereocenters.